The van der Waals surface area contributed by atoms with Crippen molar-refractivity contribution in [3.63, 3.8) is 0 Å². The summed E-state index contributed by atoms with van der Waals surface area (Å²) in [5.74, 6) is -4.97. The van der Waals surface area contributed by atoms with E-state index in [0.717, 1.165) is 53.5 Å². The smallest absolute Gasteiger partial charge is 0.338 e. The molecule has 3 atom stereocenters. The second-order valence-electron chi connectivity index (χ2n) is 15.8. The highest BCUT2D eigenvalue weighted by atomic mass is 16.5. The van der Waals surface area contributed by atoms with Crippen molar-refractivity contribution in [3.05, 3.63) is 96.7 Å². The van der Waals surface area contributed by atoms with Crippen molar-refractivity contribution in [2.75, 3.05) is 26.9 Å². The van der Waals surface area contributed by atoms with Gasteiger partial charge < -0.3 is 29.7 Å². The van der Waals surface area contributed by atoms with Gasteiger partial charge >= 0.3 is 23.9 Å². The zero-order valence-corrected chi connectivity index (χ0v) is 36.4. The number of rotatable bonds is 14. The van der Waals surface area contributed by atoms with Crippen LogP contribution in [-0.2, 0) is 28.7 Å². The van der Waals surface area contributed by atoms with Crippen LogP contribution in [0.25, 0.3) is 36.0 Å². The van der Waals surface area contributed by atoms with Crippen LogP contribution in [0.1, 0.15) is 96.9 Å². The molecule has 0 saturated carbocycles. The van der Waals surface area contributed by atoms with Gasteiger partial charge in [-0.05, 0) is 91.8 Å². The number of methoxy groups -OCH3 is 3. The Labute approximate surface area is 363 Å². The molecular weight excluding hydrogens is 809 g/mol. The van der Waals surface area contributed by atoms with Crippen LogP contribution in [0, 0.1) is 25.7 Å². The lowest BCUT2D eigenvalue weighted by molar-refractivity contribution is -0.150. The van der Waals surface area contributed by atoms with Gasteiger partial charge in [0.2, 0.25) is 5.91 Å². The number of aromatic carboxylic acids is 1. The summed E-state index contributed by atoms with van der Waals surface area (Å²) >= 11 is 0. The number of allylic oxidation sites excluding steroid dienone is 3. The molecule has 63 heavy (non-hydrogen) atoms. The van der Waals surface area contributed by atoms with E-state index in [1.165, 1.54) is 0 Å². The third kappa shape index (κ3) is 8.15. The molecule has 3 aromatic rings. The molecule has 16 nitrogen and oxygen atoms in total. The Hall–Kier alpha value is -7.23. The Morgan fingerprint density at radius 2 is 1.63 bits per heavy atom. The van der Waals surface area contributed by atoms with Crippen molar-refractivity contribution in [3.8, 4) is 5.75 Å². The van der Waals surface area contributed by atoms with Gasteiger partial charge in [-0.15, -0.1) is 0 Å². The molecule has 4 aliphatic rings. The third-order valence-electron chi connectivity index (χ3n) is 12.2. The number of nitrogens with one attached hydrogen (secondary N) is 2. The molecule has 328 valence electrons. The fourth-order valence-electron chi connectivity index (χ4n) is 8.81. The van der Waals surface area contributed by atoms with E-state index in [2.05, 4.69) is 10.9 Å². The normalized spacial score (nSPS) is 17.7. The minimum absolute atomic E-state index is 0.0964. The minimum atomic E-state index is -1.42. The number of aliphatic imine (C=N–C) groups is 2. The van der Waals surface area contributed by atoms with Gasteiger partial charge in [-0.25, -0.2) is 29.5 Å². The summed E-state index contributed by atoms with van der Waals surface area (Å²) in [6.07, 6.45) is 9.27. The summed E-state index contributed by atoms with van der Waals surface area (Å²) in [6, 6.07) is 6.23. The number of amides is 1. The highest BCUT2D eigenvalue weighted by molar-refractivity contribution is 6.26. The number of fused-ring (bicyclic) bond motifs is 2. The maximum absolute atomic E-state index is 14.3. The SMILES string of the molecule is CCC1=C(C)C2=Cc3c(/C=C/c4ccc(OC)cc4)c(C)c4n3Nn3c(c(C)c(C(=O)O)c3=C(CC(=O)N[C@@H](CC(=O)OC)C(=O)OC)C3=NC(=C4)[C@@H](C)[C@@H]3CCC(=O)O)=CC1=N2. The van der Waals surface area contributed by atoms with Crippen molar-refractivity contribution < 1.29 is 48.4 Å². The first kappa shape index (κ1) is 43.8. The monoisotopic (exact) mass is 858 g/mol. The van der Waals surface area contributed by atoms with Crippen LogP contribution < -0.4 is 26.3 Å². The Kier molecular flexibility index (Phi) is 12.3. The fourth-order valence-corrected chi connectivity index (χ4v) is 8.81. The second kappa shape index (κ2) is 17.6. The maximum atomic E-state index is 14.3. The molecule has 4 N–H and O–H groups in total. The average Bonchev–Trinajstić information content (AvgIpc) is 3.91. The summed E-state index contributed by atoms with van der Waals surface area (Å²) in [4.78, 5) is 75.6. The number of aliphatic carboxylic acids is 1. The molecule has 6 heterocycles. The lowest BCUT2D eigenvalue weighted by Gasteiger charge is -2.21. The molecule has 0 aliphatic carbocycles. The minimum Gasteiger partial charge on any atom is -0.497 e. The number of nitrogens with zero attached hydrogens (tertiary/aromatic N) is 4. The zero-order chi connectivity index (χ0) is 45.4. The van der Waals surface area contributed by atoms with Crippen LogP contribution >= 0.6 is 0 Å². The average molecular weight is 859 g/mol. The Balaban J connectivity index is 1.59. The van der Waals surface area contributed by atoms with E-state index >= 15 is 0 Å². The highest BCUT2D eigenvalue weighted by Gasteiger charge is 2.39. The van der Waals surface area contributed by atoms with Crippen LogP contribution in [0.5, 0.6) is 5.75 Å². The molecular formula is C47H50N6O10. The number of hydrogen-bond donors (Lipinski definition) is 4. The van der Waals surface area contributed by atoms with E-state index in [-0.39, 0.29) is 35.2 Å². The number of carbonyl (C=O) groups excluding carboxylic acids is 3. The molecule has 0 radical (unpaired) electrons. The zero-order valence-electron chi connectivity index (χ0n) is 36.4. The molecule has 7 rings (SSSR count). The third-order valence-corrected chi connectivity index (χ3v) is 12.2. The van der Waals surface area contributed by atoms with Crippen LogP contribution in [0.15, 0.2) is 56.8 Å². The first-order chi connectivity index (χ1) is 30.1. The van der Waals surface area contributed by atoms with Crippen LogP contribution in [0.3, 0.4) is 0 Å². The van der Waals surface area contributed by atoms with E-state index in [4.69, 9.17) is 24.2 Å². The molecule has 1 aromatic carbocycles. The van der Waals surface area contributed by atoms with Gasteiger partial charge in [-0.1, -0.05) is 38.1 Å². The van der Waals surface area contributed by atoms with Crippen molar-refractivity contribution in [1.82, 2.24) is 14.7 Å². The summed E-state index contributed by atoms with van der Waals surface area (Å²) in [6.45, 7) is 9.67. The van der Waals surface area contributed by atoms with Gasteiger partial charge in [0.15, 0.2) is 0 Å². The van der Waals surface area contributed by atoms with E-state index in [1.54, 1.807) is 18.7 Å². The van der Waals surface area contributed by atoms with Gasteiger partial charge in [0.25, 0.3) is 0 Å². The summed E-state index contributed by atoms with van der Waals surface area (Å²) in [7, 11) is 3.88. The van der Waals surface area contributed by atoms with Crippen LogP contribution in [0.2, 0.25) is 0 Å². The number of hydrogen-bond acceptors (Lipinski definition) is 11. The number of esters is 2. The molecule has 2 aromatic heterocycles. The van der Waals surface area contributed by atoms with E-state index in [1.807, 2.05) is 87.0 Å². The predicted octanol–water partition coefficient (Wildman–Crippen LogP) is 4.79. The molecule has 0 fully saturated rings. The van der Waals surface area contributed by atoms with Crippen molar-refractivity contribution in [2.24, 2.45) is 21.8 Å². The Morgan fingerprint density at radius 3 is 2.27 bits per heavy atom. The lowest BCUT2D eigenvalue weighted by Crippen LogP contribution is -2.45. The first-order valence-electron chi connectivity index (χ1n) is 20.6. The maximum Gasteiger partial charge on any atom is 0.338 e. The van der Waals surface area contributed by atoms with Crippen molar-refractivity contribution >= 4 is 77.2 Å². The number of carboxylic acid groups (broad SMARTS) is 2. The lowest BCUT2D eigenvalue weighted by atomic mass is 9.82. The van der Waals surface area contributed by atoms with Gasteiger partial charge in [0.05, 0.1) is 78.9 Å². The number of carbonyl (C=O) groups is 5. The van der Waals surface area contributed by atoms with E-state index < -0.39 is 54.6 Å². The van der Waals surface area contributed by atoms with E-state index in [0.29, 0.717) is 45.8 Å². The van der Waals surface area contributed by atoms with Gasteiger partial charge in [-0.3, -0.25) is 19.4 Å². The number of ether oxygens (including phenoxy) is 3. The number of aromatic nitrogens is 2. The molecule has 1 amide bonds. The first-order valence-corrected chi connectivity index (χ1v) is 20.6. The fraction of sp³-hybridized carbons (Fsp3) is 0.340. The summed E-state index contributed by atoms with van der Waals surface area (Å²) < 4.78 is 18.5. The van der Waals surface area contributed by atoms with Gasteiger partial charge in [0.1, 0.15) is 11.8 Å². The Morgan fingerprint density at radius 1 is 0.905 bits per heavy atom. The predicted molar refractivity (Wildman–Crippen MR) is 238 cm³/mol. The molecule has 4 aliphatic heterocycles. The number of benzene rings is 1. The van der Waals surface area contributed by atoms with Gasteiger partial charge in [-0.2, -0.15) is 0 Å². The molecule has 0 saturated heterocycles. The quantitative estimate of drug-likeness (QED) is 0.162. The Bertz CT molecular complexity index is 2790. The molecule has 0 unspecified atom stereocenters. The topological polar surface area (TPSA) is 212 Å². The van der Waals surface area contributed by atoms with Crippen molar-refractivity contribution in [1.29, 1.82) is 0 Å². The number of carboxylic acids is 2. The van der Waals surface area contributed by atoms with E-state index in [9.17, 15) is 34.2 Å². The molecule has 16 heteroatoms. The molecule has 6 bridgehead atoms. The standard InChI is InChI=1S/C47H50N6O10/c1-9-29-23(2)33-20-39-30(15-12-27-10-13-28(61-6)14-11-27)25(4)37-19-34-24(3)31(16-17-41(55)56)44(50-34)32(18-40(54)49-36(47(60)63-8)22-42(57)62-7)45-43(46(58)59)26(5)38(21-35(29)48-33)53(45)51-52(37)39/h10-15,19-21,24,31,36,51H,9,16-18,22H2,1-8H3,(H,49,54)(H,55,56)(H,58,59)/b15-12+,33-20?,34-19?,35-21?,37-19?,38-21?,39-20?,44-32?,45-32?/t24-,31-,36-/m0/s1. The van der Waals surface area contributed by atoms with Crippen molar-refractivity contribution in [2.45, 2.75) is 72.8 Å². The van der Waals surface area contributed by atoms with Gasteiger partial charge in [0, 0.05) is 35.1 Å². The highest BCUT2D eigenvalue weighted by Crippen LogP contribution is 2.41. The largest absolute Gasteiger partial charge is 0.497 e. The van der Waals surface area contributed by atoms with Crippen LogP contribution in [-0.4, -0.2) is 88.1 Å². The van der Waals surface area contributed by atoms with Crippen LogP contribution in [0.4, 0.5) is 0 Å². The summed E-state index contributed by atoms with van der Waals surface area (Å²) in [5.41, 5.74) is 12.2. The molecule has 0 spiro atoms. The second-order valence-corrected chi connectivity index (χ2v) is 15.8. The summed E-state index contributed by atoms with van der Waals surface area (Å²) in [5, 5.41) is 24.2.